The molecule has 3 fully saturated rings. The van der Waals surface area contributed by atoms with Crippen molar-refractivity contribution in [3.63, 3.8) is 0 Å². The minimum atomic E-state index is -0.688. The van der Waals surface area contributed by atoms with Crippen molar-refractivity contribution in [3.05, 3.63) is 42.0 Å². The van der Waals surface area contributed by atoms with E-state index < -0.39 is 29.8 Å². The summed E-state index contributed by atoms with van der Waals surface area (Å²) in [4.78, 5) is 25.3. The normalized spacial score (nSPS) is 37.7. The molecule has 2 aliphatic heterocycles. The van der Waals surface area contributed by atoms with Gasteiger partial charge in [0.2, 0.25) is 5.91 Å². The van der Waals surface area contributed by atoms with Gasteiger partial charge in [-0.2, -0.15) is 0 Å². The number of aliphatic hydroxyl groups is 1. The zero-order valence-corrected chi connectivity index (χ0v) is 20.3. The van der Waals surface area contributed by atoms with Crippen molar-refractivity contribution in [2.75, 3.05) is 6.61 Å². The number of hydrogen-bond donors (Lipinski definition) is 2. The third-order valence-electron chi connectivity index (χ3n) is 8.51. The van der Waals surface area contributed by atoms with Gasteiger partial charge in [0.15, 0.2) is 0 Å². The highest BCUT2D eigenvalue weighted by atomic mass is 16.6. The summed E-state index contributed by atoms with van der Waals surface area (Å²) in [6, 6.07) is 9.57. The fourth-order valence-electron chi connectivity index (χ4n) is 6.70. The average Bonchev–Trinajstić information content (AvgIpc) is 3.30. The maximum atomic E-state index is 13.2. The summed E-state index contributed by atoms with van der Waals surface area (Å²) < 4.78 is 13.1. The number of carbonyl (C=O) groups excluding carboxylic acids is 2. The topological polar surface area (TPSA) is 84.9 Å². The highest BCUT2D eigenvalue weighted by Gasteiger charge is 2.71. The molecule has 4 rings (SSSR count). The Labute approximate surface area is 196 Å². The van der Waals surface area contributed by atoms with E-state index in [-0.39, 0.29) is 29.8 Å². The van der Waals surface area contributed by atoms with E-state index in [1.54, 1.807) is 6.08 Å². The van der Waals surface area contributed by atoms with Crippen LogP contribution in [-0.4, -0.2) is 46.9 Å². The van der Waals surface area contributed by atoms with Crippen molar-refractivity contribution in [2.24, 2.45) is 23.7 Å². The molecule has 33 heavy (non-hydrogen) atoms. The molecule has 0 radical (unpaired) electrons. The molecule has 7 atom stereocenters. The average molecular weight is 456 g/mol. The van der Waals surface area contributed by atoms with E-state index in [0.29, 0.717) is 12.3 Å². The molecule has 2 saturated heterocycles. The van der Waals surface area contributed by atoms with Gasteiger partial charge in [0.1, 0.15) is 18.3 Å². The minimum Gasteiger partial charge on any atom is -0.456 e. The molecule has 1 aromatic carbocycles. The number of carbonyl (C=O) groups is 2. The van der Waals surface area contributed by atoms with Crippen LogP contribution in [0.2, 0.25) is 0 Å². The molecular formula is C27H37NO5. The standard InChI is InChI=1S/C27H37NO5/c1-16(2)27-14-21(28-22(30)15-29)26(5,33-27)20-12-11-17(3)24(20)25(27)32-23(31)13-18(4)19-9-7-6-8-10-19/h6-10,13,16-17,20-21,24-25,29H,11-12,14-15H2,1-5H3,(H,28,30)/b18-13+/t17-,20-,21-,24-,25+,26+,27?/m1/s1. The Bertz CT molecular complexity index is 928. The maximum Gasteiger partial charge on any atom is 0.331 e. The second-order valence-electron chi connectivity index (χ2n) is 10.7. The molecular weight excluding hydrogens is 418 g/mol. The van der Waals surface area contributed by atoms with Crippen LogP contribution in [-0.2, 0) is 19.1 Å². The van der Waals surface area contributed by atoms with Gasteiger partial charge in [0.05, 0.1) is 11.6 Å². The van der Waals surface area contributed by atoms with Crippen LogP contribution >= 0.6 is 0 Å². The number of amides is 1. The van der Waals surface area contributed by atoms with Crippen molar-refractivity contribution in [1.82, 2.24) is 5.32 Å². The largest absolute Gasteiger partial charge is 0.456 e. The fourth-order valence-corrected chi connectivity index (χ4v) is 6.70. The summed E-state index contributed by atoms with van der Waals surface area (Å²) >= 11 is 0. The first-order chi connectivity index (χ1) is 15.6. The number of hydrogen-bond acceptors (Lipinski definition) is 5. The van der Waals surface area contributed by atoms with Crippen LogP contribution in [0.3, 0.4) is 0 Å². The summed E-state index contributed by atoms with van der Waals surface area (Å²) in [6.45, 7) is 9.89. The molecule has 6 nitrogen and oxygen atoms in total. The lowest BCUT2D eigenvalue weighted by molar-refractivity contribution is -0.259. The summed E-state index contributed by atoms with van der Waals surface area (Å²) in [5.74, 6) is 0.0572. The Morgan fingerprint density at radius 2 is 1.97 bits per heavy atom. The van der Waals surface area contributed by atoms with E-state index in [1.165, 1.54) is 0 Å². The van der Waals surface area contributed by atoms with Crippen LogP contribution in [0.4, 0.5) is 0 Å². The first-order valence-electron chi connectivity index (χ1n) is 12.2. The van der Waals surface area contributed by atoms with Crippen molar-refractivity contribution < 1.29 is 24.2 Å². The van der Waals surface area contributed by atoms with Gasteiger partial charge in [-0.05, 0) is 55.6 Å². The molecule has 1 aromatic rings. The first kappa shape index (κ1) is 24.0. The number of fused-ring (bicyclic) bond motifs is 4. The number of aliphatic hydroxyl groups excluding tert-OH is 1. The van der Waals surface area contributed by atoms with Gasteiger partial charge in [-0.1, -0.05) is 51.1 Å². The predicted molar refractivity (Wildman–Crippen MR) is 126 cm³/mol. The van der Waals surface area contributed by atoms with E-state index in [1.807, 2.05) is 37.3 Å². The van der Waals surface area contributed by atoms with Crippen LogP contribution in [0.5, 0.6) is 0 Å². The zero-order valence-electron chi connectivity index (χ0n) is 20.3. The van der Waals surface area contributed by atoms with Gasteiger partial charge in [-0.3, -0.25) is 4.79 Å². The van der Waals surface area contributed by atoms with Crippen LogP contribution < -0.4 is 5.32 Å². The van der Waals surface area contributed by atoms with E-state index >= 15 is 0 Å². The Hall–Kier alpha value is -2.18. The van der Waals surface area contributed by atoms with E-state index in [4.69, 9.17) is 9.47 Å². The number of ether oxygens (including phenoxy) is 2. The van der Waals surface area contributed by atoms with E-state index in [0.717, 1.165) is 24.0 Å². The van der Waals surface area contributed by atoms with Gasteiger partial charge in [-0.25, -0.2) is 4.79 Å². The van der Waals surface area contributed by atoms with Crippen molar-refractivity contribution >= 4 is 17.4 Å². The molecule has 1 saturated carbocycles. The Morgan fingerprint density at radius 1 is 1.27 bits per heavy atom. The summed E-state index contributed by atoms with van der Waals surface area (Å²) in [5.41, 5.74) is 0.603. The van der Waals surface area contributed by atoms with Crippen molar-refractivity contribution in [2.45, 2.75) is 77.2 Å². The molecule has 180 valence electrons. The summed E-state index contributed by atoms with van der Waals surface area (Å²) in [7, 11) is 0. The molecule has 3 aliphatic rings. The summed E-state index contributed by atoms with van der Waals surface area (Å²) in [5, 5.41) is 12.4. The van der Waals surface area contributed by atoms with Crippen LogP contribution in [0.1, 0.15) is 59.4 Å². The third kappa shape index (κ3) is 4.01. The van der Waals surface area contributed by atoms with Crippen LogP contribution in [0.25, 0.3) is 5.57 Å². The second kappa shape index (κ2) is 8.88. The molecule has 2 heterocycles. The lowest BCUT2D eigenvalue weighted by atomic mass is 9.69. The van der Waals surface area contributed by atoms with E-state index in [2.05, 4.69) is 33.0 Å². The van der Waals surface area contributed by atoms with Gasteiger partial charge in [-0.15, -0.1) is 0 Å². The molecule has 2 N–H and O–H groups in total. The maximum absolute atomic E-state index is 13.2. The summed E-state index contributed by atoms with van der Waals surface area (Å²) in [6.07, 6.45) is 3.75. The zero-order chi connectivity index (χ0) is 24.0. The first-order valence-corrected chi connectivity index (χ1v) is 12.2. The fraction of sp³-hybridized carbons (Fsp3) is 0.630. The molecule has 0 aromatic heterocycles. The smallest absolute Gasteiger partial charge is 0.331 e. The molecule has 0 spiro atoms. The Morgan fingerprint density at radius 3 is 2.61 bits per heavy atom. The molecule has 1 aliphatic carbocycles. The number of rotatable bonds is 6. The number of allylic oxidation sites excluding steroid dienone is 1. The SMILES string of the molecule is C/C(=C\C(=O)O[C@H]1[C@@H]2[C@H](C)CC[C@H]2[C@]2(C)OC1(C(C)C)C[C@H]2NC(=O)CO)c1ccccc1. The number of nitrogens with one attached hydrogen (secondary N) is 1. The predicted octanol–water partition coefficient (Wildman–Crippen LogP) is 3.73. The third-order valence-corrected chi connectivity index (χ3v) is 8.51. The minimum absolute atomic E-state index is 0.0820. The van der Waals surface area contributed by atoms with Crippen molar-refractivity contribution in [3.8, 4) is 0 Å². The monoisotopic (exact) mass is 455 g/mol. The van der Waals surface area contributed by atoms with Crippen molar-refractivity contribution in [1.29, 1.82) is 0 Å². The van der Waals surface area contributed by atoms with Crippen LogP contribution in [0, 0.1) is 23.7 Å². The lowest BCUT2D eigenvalue weighted by Crippen LogP contribution is -2.63. The van der Waals surface area contributed by atoms with Gasteiger partial charge >= 0.3 is 5.97 Å². The highest BCUT2D eigenvalue weighted by Crippen LogP contribution is 2.62. The lowest BCUT2D eigenvalue weighted by Gasteiger charge is -2.53. The second-order valence-corrected chi connectivity index (χ2v) is 10.7. The number of benzene rings is 1. The van der Waals surface area contributed by atoms with Crippen LogP contribution in [0.15, 0.2) is 36.4 Å². The van der Waals surface area contributed by atoms with E-state index in [9.17, 15) is 14.7 Å². The highest BCUT2D eigenvalue weighted by molar-refractivity contribution is 5.91. The van der Waals surface area contributed by atoms with Gasteiger partial charge in [0, 0.05) is 18.4 Å². The molecule has 6 heteroatoms. The molecule has 2 bridgehead atoms. The van der Waals surface area contributed by atoms with Gasteiger partial charge < -0.3 is 19.9 Å². The number of esters is 1. The Balaban J connectivity index is 1.68. The Kier molecular flexibility index (Phi) is 6.45. The quantitative estimate of drug-likeness (QED) is 0.504. The van der Waals surface area contributed by atoms with Gasteiger partial charge in [0.25, 0.3) is 0 Å². The molecule has 1 amide bonds. The molecule has 1 unspecified atom stereocenters.